The molecule has 23 heavy (non-hydrogen) atoms. The van der Waals surface area contributed by atoms with Crippen LogP contribution in [0.2, 0.25) is 0 Å². The fourth-order valence-electron chi connectivity index (χ4n) is 2.41. The van der Waals surface area contributed by atoms with Crippen molar-refractivity contribution in [3.8, 4) is 0 Å². The van der Waals surface area contributed by atoms with Crippen molar-refractivity contribution in [2.75, 3.05) is 46.1 Å². The van der Waals surface area contributed by atoms with Gasteiger partial charge in [0.05, 0.1) is 12.9 Å². The minimum absolute atomic E-state index is 0.544. The van der Waals surface area contributed by atoms with Gasteiger partial charge in [-0.2, -0.15) is 0 Å². The van der Waals surface area contributed by atoms with E-state index in [0.717, 1.165) is 77.0 Å². The van der Waals surface area contributed by atoms with Gasteiger partial charge in [0.25, 0.3) is 0 Å². The molecule has 0 bridgehead atoms. The SMILES string of the molecule is CCOCCCNC(=NCC1CCOC1)NCCc1ccco1. The van der Waals surface area contributed by atoms with Crippen LogP contribution < -0.4 is 10.6 Å². The van der Waals surface area contributed by atoms with E-state index in [4.69, 9.17) is 13.9 Å². The van der Waals surface area contributed by atoms with Gasteiger partial charge in [0, 0.05) is 51.8 Å². The number of hydrogen-bond acceptors (Lipinski definition) is 4. The van der Waals surface area contributed by atoms with E-state index in [-0.39, 0.29) is 0 Å². The van der Waals surface area contributed by atoms with Crippen LogP contribution in [0.25, 0.3) is 0 Å². The summed E-state index contributed by atoms with van der Waals surface area (Å²) in [4.78, 5) is 4.69. The number of hydrogen-bond donors (Lipinski definition) is 2. The summed E-state index contributed by atoms with van der Waals surface area (Å²) in [7, 11) is 0. The summed E-state index contributed by atoms with van der Waals surface area (Å²) in [6, 6.07) is 3.90. The molecular formula is C17H29N3O3. The largest absolute Gasteiger partial charge is 0.469 e. The molecule has 0 aromatic carbocycles. The van der Waals surface area contributed by atoms with Crippen LogP contribution in [0.4, 0.5) is 0 Å². The lowest BCUT2D eigenvalue weighted by molar-refractivity contribution is 0.145. The molecule has 0 saturated carbocycles. The Morgan fingerprint density at radius 3 is 3.04 bits per heavy atom. The number of ether oxygens (including phenoxy) is 2. The van der Waals surface area contributed by atoms with E-state index in [1.807, 2.05) is 19.1 Å². The molecule has 0 radical (unpaired) electrons. The maximum Gasteiger partial charge on any atom is 0.191 e. The van der Waals surface area contributed by atoms with Crippen LogP contribution in [0.15, 0.2) is 27.8 Å². The van der Waals surface area contributed by atoms with E-state index < -0.39 is 0 Å². The van der Waals surface area contributed by atoms with Crippen LogP contribution >= 0.6 is 0 Å². The van der Waals surface area contributed by atoms with Crippen LogP contribution in [0.3, 0.4) is 0 Å². The molecule has 1 saturated heterocycles. The van der Waals surface area contributed by atoms with Gasteiger partial charge in [0.2, 0.25) is 0 Å². The highest BCUT2D eigenvalue weighted by Crippen LogP contribution is 2.12. The molecule has 1 aromatic heterocycles. The lowest BCUT2D eigenvalue weighted by Crippen LogP contribution is -2.39. The Balaban J connectivity index is 1.71. The lowest BCUT2D eigenvalue weighted by Gasteiger charge is -2.13. The Morgan fingerprint density at radius 1 is 1.39 bits per heavy atom. The monoisotopic (exact) mass is 323 g/mol. The maximum absolute atomic E-state index is 5.41. The molecule has 6 heteroatoms. The number of rotatable bonds is 10. The van der Waals surface area contributed by atoms with Crippen molar-refractivity contribution in [2.45, 2.75) is 26.2 Å². The van der Waals surface area contributed by atoms with Gasteiger partial charge in [-0.05, 0) is 31.9 Å². The van der Waals surface area contributed by atoms with E-state index in [2.05, 4.69) is 15.6 Å². The van der Waals surface area contributed by atoms with Gasteiger partial charge in [0.15, 0.2) is 5.96 Å². The van der Waals surface area contributed by atoms with E-state index in [9.17, 15) is 0 Å². The van der Waals surface area contributed by atoms with Crippen molar-refractivity contribution in [2.24, 2.45) is 10.9 Å². The topological polar surface area (TPSA) is 68.0 Å². The van der Waals surface area contributed by atoms with Crippen molar-refractivity contribution in [1.82, 2.24) is 10.6 Å². The van der Waals surface area contributed by atoms with Gasteiger partial charge >= 0.3 is 0 Å². The quantitative estimate of drug-likeness (QED) is 0.390. The Bertz CT molecular complexity index is 428. The molecular weight excluding hydrogens is 294 g/mol. The van der Waals surface area contributed by atoms with E-state index in [1.165, 1.54) is 0 Å². The minimum Gasteiger partial charge on any atom is -0.469 e. The smallest absolute Gasteiger partial charge is 0.191 e. The molecule has 2 N–H and O–H groups in total. The highest BCUT2D eigenvalue weighted by Gasteiger charge is 2.15. The molecule has 0 amide bonds. The average Bonchev–Trinajstić information content (AvgIpc) is 3.25. The first kappa shape index (κ1) is 17.8. The van der Waals surface area contributed by atoms with Crippen molar-refractivity contribution < 1.29 is 13.9 Å². The molecule has 1 fully saturated rings. The molecule has 1 aromatic rings. The van der Waals surface area contributed by atoms with Crippen molar-refractivity contribution >= 4 is 5.96 Å². The number of nitrogens with one attached hydrogen (secondary N) is 2. The van der Waals surface area contributed by atoms with Crippen LogP contribution in [0.5, 0.6) is 0 Å². The predicted molar refractivity (Wildman–Crippen MR) is 90.8 cm³/mol. The first-order valence-corrected chi connectivity index (χ1v) is 8.58. The highest BCUT2D eigenvalue weighted by molar-refractivity contribution is 5.79. The fraction of sp³-hybridized carbons (Fsp3) is 0.706. The van der Waals surface area contributed by atoms with Crippen LogP contribution in [0, 0.1) is 5.92 Å². The summed E-state index contributed by atoms with van der Waals surface area (Å²) >= 11 is 0. The van der Waals surface area contributed by atoms with Crippen molar-refractivity contribution in [1.29, 1.82) is 0 Å². The zero-order valence-electron chi connectivity index (χ0n) is 14.1. The standard InChI is InChI=1S/C17H29N3O3/c1-2-21-10-4-8-18-17(20-13-15-7-12-22-14-15)19-9-6-16-5-3-11-23-16/h3,5,11,15H,2,4,6-10,12-14H2,1H3,(H2,18,19,20). The molecule has 0 spiro atoms. The van der Waals surface area contributed by atoms with Gasteiger partial charge < -0.3 is 24.5 Å². The predicted octanol–water partition coefficient (Wildman–Crippen LogP) is 1.82. The number of guanidine groups is 1. The number of furan rings is 1. The molecule has 130 valence electrons. The first-order valence-electron chi connectivity index (χ1n) is 8.58. The van der Waals surface area contributed by atoms with Gasteiger partial charge in [-0.25, -0.2) is 0 Å². The molecule has 1 aliphatic rings. The summed E-state index contributed by atoms with van der Waals surface area (Å²) in [5.41, 5.74) is 0. The van der Waals surface area contributed by atoms with Crippen LogP contribution in [-0.2, 0) is 15.9 Å². The fourth-order valence-corrected chi connectivity index (χ4v) is 2.41. The molecule has 1 atom stereocenters. The molecule has 0 aliphatic carbocycles. The highest BCUT2D eigenvalue weighted by atomic mass is 16.5. The summed E-state index contributed by atoms with van der Waals surface area (Å²) in [6.45, 7) is 7.71. The third kappa shape index (κ3) is 7.52. The second kappa shape index (κ2) is 11.1. The summed E-state index contributed by atoms with van der Waals surface area (Å²) < 4.78 is 16.1. The Hall–Kier alpha value is -1.53. The van der Waals surface area contributed by atoms with Crippen molar-refractivity contribution in [3.05, 3.63) is 24.2 Å². The van der Waals surface area contributed by atoms with Crippen LogP contribution in [-0.4, -0.2) is 52.0 Å². The molecule has 1 unspecified atom stereocenters. The van der Waals surface area contributed by atoms with Gasteiger partial charge in [-0.15, -0.1) is 0 Å². The van der Waals surface area contributed by atoms with E-state index in [1.54, 1.807) is 6.26 Å². The molecule has 1 aliphatic heterocycles. The first-order chi connectivity index (χ1) is 11.4. The van der Waals surface area contributed by atoms with Gasteiger partial charge in [0.1, 0.15) is 5.76 Å². The third-order valence-electron chi connectivity index (χ3n) is 3.74. The normalized spacial score (nSPS) is 18.3. The summed E-state index contributed by atoms with van der Waals surface area (Å²) in [5, 5.41) is 6.74. The molecule has 6 nitrogen and oxygen atoms in total. The molecule has 2 heterocycles. The zero-order chi connectivity index (χ0) is 16.2. The van der Waals surface area contributed by atoms with Crippen LogP contribution in [0.1, 0.15) is 25.5 Å². The Kier molecular flexibility index (Phi) is 8.58. The third-order valence-corrected chi connectivity index (χ3v) is 3.74. The van der Waals surface area contributed by atoms with Gasteiger partial charge in [-0.3, -0.25) is 4.99 Å². The lowest BCUT2D eigenvalue weighted by atomic mass is 10.1. The molecule has 2 rings (SSSR count). The van der Waals surface area contributed by atoms with E-state index in [0.29, 0.717) is 5.92 Å². The second-order valence-electron chi connectivity index (χ2n) is 5.65. The van der Waals surface area contributed by atoms with Gasteiger partial charge in [-0.1, -0.05) is 0 Å². The maximum atomic E-state index is 5.41. The van der Waals surface area contributed by atoms with Crippen molar-refractivity contribution in [3.63, 3.8) is 0 Å². The second-order valence-corrected chi connectivity index (χ2v) is 5.65. The zero-order valence-corrected chi connectivity index (χ0v) is 14.1. The minimum atomic E-state index is 0.544. The number of nitrogens with zero attached hydrogens (tertiary/aromatic N) is 1. The summed E-state index contributed by atoms with van der Waals surface area (Å²) in [5.74, 6) is 2.39. The average molecular weight is 323 g/mol. The number of aliphatic imine (C=N–C) groups is 1. The summed E-state index contributed by atoms with van der Waals surface area (Å²) in [6.07, 6.45) is 4.63. The van der Waals surface area contributed by atoms with E-state index >= 15 is 0 Å². The Labute approximate surface area is 138 Å². The Morgan fingerprint density at radius 2 is 2.30 bits per heavy atom.